The molecule has 0 aromatic heterocycles. The highest BCUT2D eigenvalue weighted by atomic mass is 32.1. The summed E-state index contributed by atoms with van der Waals surface area (Å²) in [5, 5.41) is 6.93. The Hall–Kier alpha value is -1.87. The maximum absolute atomic E-state index is 5.24. The van der Waals surface area contributed by atoms with E-state index >= 15 is 0 Å². The molecule has 0 unspecified atom stereocenters. The summed E-state index contributed by atoms with van der Waals surface area (Å²) in [7, 11) is 0. The Labute approximate surface area is 106 Å². The highest BCUT2D eigenvalue weighted by Crippen LogP contribution is 2.17. The normalized spacial score (nSPS) is 13.5. The summed E-state index contributed by atoms with van der Waals surface area (Å²) in [4.78, 5) is 0. The molecular weight excluding hydrogens is 228 g/mol. The molecule has 4 bridgehead atoms. The fourth-order valence-corrected chi connectivity index (χ4v) is 2.18. The number of rotatable bonds is 0. The highest BCUT2D eigenvalue weighted by molar-refractivity contribution is 7.80. The molecule has 0 aliphatic carbocycles. The van der Waals surface area contributed by atoms with E-state index in [9.17, 15) is 0 Å². The van der Waals surface area contributed by atoms with Crippen LogP contribution in [0.25, 0.3) is 0 Å². The second kappa shape index (κ2) is 4.18. The van der Waals surface area contributed by atoms with Gasteiger partial charge in [-0.15, -0.1) is 0 Å². The molecule has 2 aromatic carbocycles. The molecule has 6 rings (SSSR count). The van der Waals surface area contributed by atoms with Crippen molar-refractivity contribution in [3.63, 3.8) is 0 Å². The predicted molar refractivity (Wildman–Crippen MR) is 75.5 cm³/mol. The molecule has 4 aliphatic heterocycles. The third-order valence-corrected chi connectivity index (χ3v) is 3.04. The van der Waals surface area contributed by atoms with Crippen molar-refractivity contribution in [2.75, 3.05) is 10.6 Å². The van der Waals surface area contributed by atoms with E-state index < -0.39 is 0 Å². The molecule has 84 valence electrons. The Morgan fingerprint density at radius 2 is 1.12 bits per heavy atom. The first-order valence-corrected chi connectivity index (χ1v) is 5.96. The Kier molecular flexibility index (Phi) is 2.53. The third kappa shape index (κ3) is 2.29. The second-order valence-electron chi connectivity index (χ2n) is 4.15. The molecule has 2 aromatic rings. The molecule has 0 atom stereocenters. The van der Waals surface area contributed by atoms with Gasteiger partial charge in [-0.25, -0.2) is 0 Å². The molecule has 0 saturated heterocycles. The number of nitrogens with one attached hydrogen (secondary N) is 2. The molecule has 0 spiro atoms. The van der Waals surface area contributed by atoms with Crippen molar-refractivity contribution in [3.05, 3.63) is 59.7 Å². The number of anilines is 2. The minimum absolute atomic E-state index is 0.617. The van der Waals surface area contributed by atoms with Crippen molar-refractivity contribution in [1.82, 2.24) is 0 Å². The van der Waals surface area contributed by atoms with E-state index in [-0.39, 0.29) is 0 Å². The Balaban J connectivity index is 2.06. The van der Waals surface area contributed by atoms with E-state index in [2.05, 4.69) is 59.2 Å². The third-order valence-electron chi connectivity index (χ3n) is 2.83. The van der Waals surface area contributed by atoms with Crippen molar-refractivity contribution in [1.29, 1.82) is 0 Å². The van der Waals surface area contributed by atoms with Crippen molar-refractivity contribution < 1.29 is 0 Å². The van der Waals surface area contributed by atoms with Gasteiger partial charge in [-0.05, 0) is 54.0 Å². The monoisotopic (exact) mass is 240 g/mol. The molecule has 2 nitrogen and oxygen atoms in total. The van der Waals surface area contributed by atoms with Gasteiger partial charge in [-0.3, -0.25) is 0 Å². The van der Waals surface area contributed by atoms with E-state index in [0.717, 1.165) is 17.8 Å². The second-order valence-corrected chi connectivity index (χ2v) is 4.56. The first-order chi connectivity index (χ1) is 8.29. The van der Waals surface area contributed by atoms with Crippen LogP contribution in [0, 0.1) is 0 Å². The van der Waals surface area contributed by atoms with E-state index in [1.807, 2.05) is 0 Å². The van der Waals surface area contributed by atoms with Gasteiger partial charge in [0.05, 0.1) is 0 Å². The fourth-order valence-electron chi connectivity index (χ4n) is 1.94. The van der Waals surface area contributed by atoms with Crippen LogP contribution in [-0.4, -0.2) is 5.11 Å². The lowest BCUT2D eigenvalue weighted by atomic mass is 10.0. The van der Waals surface area contributed by atoms with Gasteiger partial charge in [-0.2, -0.15) is 0 Å². The smallest absolute Gasteiger partial charge is 0.175 e. The van der Waals surface area contributed by atoms with Gasteiger partial charge in [0, 0.05) is 11.4 Å². The van der Waals surface area contributed by atoms with E-state index in [1.54, 1.807) is 0 Å². The van der Waals surface area contributed by atoms with Crippen molar-refractivity contribution in [3.8, 4) is 0 Å². The average molecular weight is 240 g/mol. The highest BCUT2D eigenvalue weighted by Gasteiger charge is 2.03. The molecule has 0 saturated carbocycles. The van der Waals surface area contributed by atoms with Gasteiger partial charge in [-0.1, -0.05) is 24.3 Å². The molecule has 0 radical (unpaired) electrons. The molecule has 4 aliphatic rings. The number of hydrogen-bond acceptors (Lipinski definition) is 1. The SMILES string of the molecule is S=C1Nc2ccc(cc2)Cc2ccc(cc2)N1. The lowest BCUT2D eigenvalue weighted by molar-refractivity contribution is 1.19. The lowest BCUT2D eigenvalue weighted by Gasteiger charge is -2.13. The summed E-state index contributed by atoms with van der Waals surface area (Å²) in [6, 6.07) is 16.7. The van der Waals surface area contributed by atoms with Gasteiger partial charge in [0.25, 0.3) is 0 Å². The van der Waals surface area contributed by atoms with Crippen LogP contribution in [0.5, 0.6) is 0 Å². The summed E-state index contributed by atoms with van der Waals surface area (Å²) in [5.41, 5.74) is 4.65. The maximum atomic E-state index is 5.24. The van der Waals surface area contributed by atoms with E-state index in [1.165, 1.54) is 11.1 Å². The zero-order valence-electron chi connectivity index (χ0n) is 9.23. The summed E-state index contributed by atoms with van der Waals surface area (Å²) >= 11 is 5.24. The zero-order valence-corrected chi connectivity index (χ0v) is 10.1. The van der Waals surface area contributed by atoms with Crippen LogP contribution in [0.2, 0.25) is 0 Å². The van der Waals surface area contributed by atoms with Crippen LogP contribution in [0.4, 0.5) is 11.4 Å². The van der Waals surface area contributed by atoms with Gasteiger partial charge in [0.15, 0.2) is 5.11 Å². The van der Waals surface area contributed by atoms with Gasteiger partial charge < -0.3 is 10.6 Å². The topological polar surface area (TPSA) is 24.1 Å². The Morgan fingerprint density at radius 1 is 0.706 bits per heavy atom. The summed E-state index contributed by atoms with van der Waals surface area (Å²) < 4.78 is 0. The number of thiocarbonyl (C=S) groups is 1. The first-order valence-electron chi connectivity index (χ1n) is 5.55. The van der Waals surface area contributed by atoms with Gasteiger partial charge >= 0.3 is 0 Å². The predicted octanol–water partition coefficient (Wildman–Crippen LogP) is 3.40. The Morgan fingerprint density at radius 3 is 1.53 bits per heavy atom. The number of hydrogen-bond donors (Lipinski definition) is 2. The Bertz CT molecular complexity index is 494. The minimum Gasteiger partial charge on any atom is -0.332 e. The zero-order chi connectivity index (χ0) is 11.7. The van der Waals surface area contributed by atoms with Gasteiger partial charge in [0.2, 0.25) is 0 Å². The molecule has 2 N–H and O–H groups in total. The van der Waals surface area contributed by atoms with Crippen LogP contribution < -0.4 is 10.6 Å². The summed E-state index contributed by atoms with van der Waals surface area (Å²) in [6.45, 7) is 0. The van der Waals surface area contributed by atoms with Crippen molar-refractivity contribution in [2.45, 2.75) is 6.42 Å². The minimum atomic E-state index is 0.617. The molecular formula is C14H12N2S. The lowest BCUT2D eigenvalue weighted by Crippen LogP contribution is -2.19. The largest absolute Gasteiger partial charge is 0.332 e. The van der Waals surface area contributed by atoms with Crippen molar-refractivity contribution >= 4 is 28.7 Å². The molecule has 4 heterocycles. The van der Waals surface area contributed by atoms with Crippen LogP contribution in [0.15, 0.2) is 48.5 Å². The molecule has 0 fully saturated rings. The van der Waals surface area contributed by atoms with E-state index in [0.29, 0.717) is 5.11 Å². The quantitative estimate of drug-likeness (QED) is 0.690. The number of benzene rings is 2. The van der Waals surface area contributed by atoms with Crippen molar-refractivity contribution in [2.24, 2.45) is 0 Å². The maximum Gasteiger partial charge on any atom is 0.175 e. The fraction of sp³-hybridized carbons (Fsp3) is 0.0714. The van der Waals surface area contributed by atoms with Crippen LogP contribution >= 0.6 is 12.2 Å². The standard InChI is InChI=1S/C14H12N2S/c17-14-15-12-5-1-10(2-6-12)9-11-3-7-13(16-14)8-4-11/h1-8H,9H2,(H2,15,16,17). The van der Waals surface area contributed by atoms with Crippen LogP contribution in [-0.2, 0) is 6.42 Å². The summed E-state index contributed by atoms with van der Waals surface area (Å²) in [6.07, 6.45) is 0.963. The molecule has 0 amide bonds. The van der Waals surface area contributed by atoms with Gasteiger partial charge in [0.1, 0.15) is 0 Å². The molecule has 17 heavy (non-hydrogen) atoms. The first kappa shape index (κ1) is 10.3. The average Bonchev–Trinajstić information content (AvgIpc) is 2.32. The van der Waals surface area contributed by atoms with Crippen LogP contribution in [0.1, 0.15) is 11.1 Å². The van der Waals surface area contributed by atoms with E-state index in [4.69, 9.17) is 12.2 Å². The van der Waals surface area contributed by atoms with Crippen LogP contribution in [0.3, 0.4) is 0 Å². The summed E-state index contributed by atoms with van der Waals surface area (Å²) in [5.74, 6) is 0. The molecule has 3 heteroatoms.